The third kappa shape index (κ3) is 3.74. The molecule has 0 aliphatic carbocycles. The van der Waals surface area contributed by atoms with Gasteiger partial charge >= 0.3 is 0 Å². The lowest BCUT2D eigenvalue weighted by Gasteiger charge is -2.19. The van der Waals surface area contributed by atoms with E-state index in [0.717, 1.165) is 5.56 Å². The number of rotatable bonds is 6. The maximum absolute atomic E-state index is 11.0. The highest BCUT2D eigenvalue weighted by molar-refractivity contribution is 5.93. The highest BCUT2D eigenvalue weighted by atomic mass is 16.1. The van der Waals surface area contributed by atoms with Crippen molar-refractivity contribution in [3.8, 4) is 0 Å². The molecule has 0 saturated heterocycles. The van der Waals surface area contributed by atoms with Crippen molar-refractivity contribution in [2.75, 3.05) is 18.8 Å². The van der Waals surface area contributed by atoms with Gasteiger partial charge in [-0.05, 0) is 24.2 Å². The van der Waals surface area contributed by atoms with Crippen molar-refractivity contribution in [2.24, 2.45) is 11.5 Å². The Labute approximate surface area is 106 Å². The topological polar surface area (TPSA) is 115 Å². The maximum Gasteiger partial charge on any atom is 0.248 e. The number of hydrogen-bond donors (Lipinski definition) is 3. The molecular weight excluding hydrogens is 232 g/mol. The lowest BCUT2D eigenvalue weighted by Crippen LogP contribution is -2.33. The summed E-state index contributed by atoms with van der Waals surface area (Å²) in [6, 6.07) is 4.89. The lowest BCUT2D eigenvalue weighted by molar-refractivity contribution is -0.119. The minimum absolute atomic E-state index is 0.174. The van der Waals surface area contributed by atoms with Gasteiger partial charge in [0.15, 0.2) is 0 Å². The van der Waals surface area contributed by atoms with Gasteiger partial charge in [0.2, 0.25) is 11.8 Å². The Hall–Kier alpha value is -2.08. The van der Waals surface area contributed by atoms with Crippen LogP contribution in [0.5, 0.6) is 0 Å². The number of nitrogens with two attached hydrogens (primary N) is 3. The lowest BCUT2D eigenvalue weighted by atomic mass is 10.1. The molecular formula is C12H18N4O2. The molecule has 1 aromatic rings. The summed E-state index contributed by atoms with van der Waals surface area (Å²) in [5.41, 5.74) is 17.8. The zero-order chi connectivity index (χ0) is 13.7. The Balaban J connectivity index is 2.83. The Morgan fingerprint density at radius 1 is 1.28 bits per heavy atom. The highest BCUT2D eigenvalue weighted by Crippen LogP contribution is 2.16. The minimum atomic E-state index is -0.516. The first kappa shape index (κ1) is 14.0. The number of hydrogen-bond acceptors (Lipinski definition) is 4. The van der Waals surface area contributed by atoms with Crippen LogP contribution in [-0.4, -0.2) is 29.8 Å². The van der Waals surface area contributed by atoms with Gasteiger partial charge in [-0.15, -0.1) is 0 Å². The molecule has 98 valence electrons. The maximum atomic E-state index is 11.0. The average Bonchev–Trinajstić information content (AvgIpc) is 2.29. The Kier molecular flexibility index (Phi) is 4.67. The molecule has 0 atom stereocenters. The van der Waals surface area contributed by atoms with E-state index in [1.165, 1.54) is 6.07 Å². The summed E-state index contributed by atoms with van der Waals surface area (Å²) < 4.78 is 0. The predicted molar refractivity (Wildman–Crippen MR) is 69.5 cm³/mol. The fourth-order valence-corrected chi connectivity index (χ4v) is 1.63. The molecule has 2 amide bonds. The third-order valence-corrected chi connectivity index (χ3v) is 2.65. The molecule has 0 radical (unpaired) electrons. The Morgan fingerprint density at radius 3 is 2.39 bits per heavy atom. The summed E-state index contributed by atoms with van der Waals surface area (Å²) >= 11 is 0. The van der Waals surface area contributed by atoms with Crippen molar-refractivity contribution in [3.63, 3.8) is 0 Å². The zero-order valence-corrected chi connectivity index (χ0v) is 10.3. The van der Waals surface area contributed by atoms with Gasteiger partial charge in [-0.3, -0.25) is 14.5 Å². The predicted octanol–water partition coefficient (Wildman–Crippen LogP) is -0.325. The number of likely N-dealkylation sites (N-methyl/N-ethyl adjacent to an activating group) is 1. The molecule has 0 aromatic heterocycles. The smallest absolute Gasteiger partial charge is 0.248 e. The molecule has 6 nitrogen and oxygen atoms in total. The number of benzene rings is 1. The zero-order valence-electron chi connectivity index (χ0n) is 10.3. The van der Waals surface area contributed by atoms with Gasteiger partial charge in [0, 0.05) is 17.8 Å². The van der Waals surface area contributed by atoms with Gasteiger partial charge in [-0.25, -0.2) is 0 Å². The first-order valence-corrected chi connectivity index (χ1v) is 5.63. The summed E-state index contributed by atoms with van der Waals surface area (Å²) in [5, 5.41) is 0. The molecule has 6 N–H and O–H groups in total. The molecule has 6 heteroatoms. The average molecular weight is 250 g/mol. The van der Waals surface area contributed by atoms with Crippen LogP contribution in [0.2, 0.25) is 0 Å². The number of carbonyl (C=O) groups is 2. The highest BCUT2D eigenvalue weighted by Gasteiger charge is 2.10. The molecule has 0 unspecified atom stereocenters. The number of nitrogens with zero attached hydrogens (tertiary/aromatic N) is 1. The van der Waals surface area contributed by atoms with Crippen LogP contribution in [0.25, 0.3) is 0 Å². The van der Waals surface area contributed by atoms with Gasteiger partial charge in [0.1, 0.15) is 0 Å². The molecule has 1 rings (SSSR count). The number of carbonyl (C=O) groups excluding carboxylic acids is 2. The number of nitrogen functional groups attached to an aromatic ring is 1. The summed E-state index contributed by atoms with van der Waals surface area (Å²) in [6.07, 6.45) is 0. The van der Waals surface area contributed by atoms with Crippen LogP contribution >= 0.6 is 0 Å². The number of amides is 2. The number of anilines is 1. The molecule has 0 aliphatic rings. The van der Waals surface area contributed by atoms with E-state index in [4.69, 9.17) is 17.2 Å². The quantitative estimate of drug-likeness (QED) is 0.600. The minimum Gasteiger partial charge on any atom is -0.398 e. The van der Waals surface area contributed by atoms with Crippen molar-refractivity contribution >= 4 is 17.5 Å². The van der Waals surface area contributed by atoms with Crippen LogP contribution in [0.1, 0.15) is 22.8 Å². The van der Waals surface area contributed by atoms with Crippen molar-refractivity contribution in [1.82, 2.24) is 4.90 Å². The van der Waals surface area contributed by atoms with Crippen LogP contribution in [-0.2, 0) is 11.3 Å². The first-order valence-electron chi connectivity index (χ1n) is 5.63. The fourth-order valence-electron chi connectivity index (χ4n) is 1.63. The SMILES string of the molecule is CCN(CC(N)=O)Cc1ccc(C(N)=O)cc1N. The second-order valence-corrected chi connectivity index (χ2v) is 4.05. The second-order valence-electron chi connectivity index (χ2n) is 4.05. The monoisotopic (exact) mass is 250 g/mol. The molecule has 0 fully saturated rings. The Morgan fingerprint density at radius 2 is 1.94 bits per heavy atom. The normalized spacial score (nSPS) is 10.6. The molecule has 1 aromatic carbocycles. The van der Waals surface area contributed by atoms with E-state index in [2.05, 4.69) is 0 Å². The van der Waals surface area contributed by atoms with Crippen LogP contribution in [0.4, 0.5) is 5.69 Å². The standard InChI is InChI=1S/C12H18N4O2/c1-2-16(7-11(14)17)6-9-4-3-8(12(15)18)5-10(9)13/h3-5H,2,6-7,13H2,1H3,(H2,14,17)(H2,15,18). The van der Waals surface area contributed by atoms with Gasteiger partial charge < -0.3 is 17.2 Å². The summed E-state index contributed by atoms with van der Waals surface area (Å²) in [7, 11) is 0. The fraction of sp³-hybridized carbons (Fsp3) is 0.333. The van der Waals surface area contributed by atoms with E-state index in [-0.39, 0.29) is 12.5 Å². The molecule has 18 heavy (non-hydrogen) atoms. The van der Waals surface area contributed by atoms with Crippen LogP contribution < -0.4 is 17.2 Å². The van der Waals surface area contributed by atoms with E-state index in [0.29, 0.717) is 24.3 Å². The van der Waals surface area contributed by atoms with Crippen LogP contribution in [0.3, 0.4) is 0 Å². The van der Waals surface area contributed by atoms with E-state index in [1.54, 1.807) is 12.1 Å². The van der Waals surface area contributed by atoms with Crippen molar-refractivity contribution in [3.05, 3.63) is 29.3 Å². The summed E-state index contributed by atoms with van der Waals surface area (Å²) in [4.78, 5) is 23.7. The summed E-state index contributed by atoms with van der Waals surface area (Å²) in [6.45, 7) is 3.29. The van der Waals surface area contributed by atoms with Crippen molar-refractivity contribution in [2.45, 2.75) is 13.5 Å². The van der Waals surface area contributed by atoms with Gasteiger partial charge in [0.25, 0.3) is 0 Å². The summed E-state index contributed by atoms with van der Waals surface area (Å²) in [5.74, 6) is -0.901. The number of primary amides is 2. The Bertz CT molecular complexity index is 459. The molecule has 0 saturated carbocycles. The molecule has 0 bridgehead atoms. The van der Waals surface area contributed by atoms with Crippen LogP contribution in [0, 0.1) is 0 Å². The van der Waals surface area contributed by atoms with E-state index >= 15 is 0 Å². The molecule has 0 spiro atoms. The third-order valence-electron chi connectivity index (χ3n) is 2.65. The van der Waals surface area contributed by atoms with E-state index in [1.807, 2.05) is 11.8 Å². The van der Waals surface area contributed by atoms with Crippen molar-refractivity contribution in [1.29, 1.82) is 0 Å². The van der Waals surface area contributed by atoms with Gasteiger partial charge in [-0.2, -0.15) is 0 Å². The second kappa shape index (κ2) is 6.02. The van der Waals surface area contributed by atoms with Gasteiger partial charge in [0.05, 0.1) is 6.54 Å². The largest absolute Gasteiger partial charge is 0.398 e. The van der Waals surface area contributed by atoms with Crippen molar-refractivity contribution < 1.29 is 9.59 Å². The van der Waals surface area contributed by atoms with E-state index in [9.17, 15) is 9.59 Å². The van der Waals surface area contributed by atoms with E-state index < -0.39 is 5.91 Å². The first-order chi connectivity index (χ1) is 8.43. The molecule has 0 aliphatic heterocycles. The molecule has 0 heterocycles. The van der Waals surface area contributed by atoms with Crippen LogP contribution in [0.15, 0.2) is 18.2 Å². The van der Waals surface area contributed by atoms with Gasteiger partial charge in [-0.1, -0.05) is 13.0 Å².